The molecular weight excluding hydrogens is 432 g/mol. The topological polar surface area (TPSA) is 67.4 Å². The monoisotopic (exact) mass is 452 g/mol. The molecule has 3 rings (SSSR count). The molecule has 6 heteroatoms. The molecular formula is C23H21BrN2O3. The molecule has 0 saturated heterocycles. The standard InChI is InChI=1S/C23H21BrN2O3/c1-15-8-10-19(13-21(15)25-16(2)27)26-23(28)14-29-22-11-9-18(12-20(22)24)17-6-4-3-5-7-17/h3-13H,14H2,1-2H3,(H,25,27)(H,26,28). The number of ether oxygens (including phenoxy) is 1. The second kappa shape index (κ2) is 9.39. The van der Waals surface area contributed by atoms with E-state index < -0.39 is 0 Å². The maximum Gasteiger partial charge on any atom is 0.262 e. The van der Waals surface area contributed by atoms with Crippen LogP contribution in [0.2, 0.25) is 0 Å². The van der Waals surface area contributed by atoms with Crippen LogP contribution in [0, 0.1) is 6.92 Å². The Kier molecular flexibility index (Phi) is 6.67. The number of benzene rings is 3. The van der Waals surface area contributed by atoms with Crippen LogP contribution in [0.25, 0.3) is 11.1 Å². The summed E-state index contributed by atoms with van der Waals surface area (Å²) in [5.41, 5.74) is 4.32. The average Bonchev–Trinajstić information content (AvgIpc) is 2.70. The fourth-order valence-electron chi connectivity index (χ4n) is 2.79. The Hall–Kier alpha value is -3.12. The summed E-state index contributed by atoms with van der Waals surface area (Å²) in [7, 11) is 0. The van der Waals surface area contributed by atoms with Gasteiger partial charge in [-0.1, -0.05) is 42.5 Å². The van der Waals surface area contributed by atoms with Crippen LogP contribution in [0.4, 0.5) is 11.4 Å². The molecule has 0 radical (unpaired) electrons. The highest BCUT2D eigenvalue weighted by Crippen LogP contribution is 2.30. The fourth-order valence-corrected chi connectivity index (χ4v) is 3.29. The molecule has 29 heavy (non-hydrogen) atoms. The summed E-state index contributed by atoms with van der Waals surface area (Å²) in [6.45, 7) is 3.20. The van der Waals surface area contributed by atoms with E-state index in [9.17, 15) is 9.59 Å². The van der Waals surface area contributed by atoms with E-state index in [1.165, 1.54) is 6.92 Å². The first-order valence-corrected chi connectivity index (χ1v) is 9.87. The first-order chi connectivity index (χ1) is 13.9. The Bertz CT molecular complexity index is 1040. The minimum absolute atomic E-state index is 0.132. The van der Waals surface area contributed by atoms with Gasteiger partial charge >= 0.3 is 0 Å². The molecule has 3 aromatic carbocycles. The number of hydrogen-bond acceptors (Lipinski definition) is 3. The van der Waals surface area contributed by atoms with Crippen LogP contribution in [0.3, 0.4) is 0 Å². The number of halogens is 1. The lowest BCUT2D eigenvalue weighted by Gasteiger charge is -2.12. The van der Waals surface area contributed by atoms with Gasteiger partial charge < -0.3 is 15.4 Å². The number of nitrogens with one attached hydrogen (secondary N) is 2. The van der Waals surface area contributed by atoms with Crippen molar-refractivity contribution in [3.8, 4) is 16.9 Å². The van der Waals surface area contributed by atoms with Crippen LogP contribution >= 0.6 is 15.9 Å². The molecule has 0 aliphatic carbocycles. The third kappa shape index (κ3) is 5.68. The summed E-state index contributed by atoms with van der Waals surface area (Å²) in [6, 6.07) is 21.1. The van der Waals surface area contributed by atoms with Crippen LogP contribution in [0.15, 0.2) is 71.2 Å². The Labute approximate surface area is 178 Å². The van der Waals surface area contributed by atoms with Crippen molar-refractivity contribution >= 4 is 39.1 Å². The van der Waals surface area contributed by atoms with E-state index in [0.29, 0.717) is 17.1 Å². The molecule has 0 aromatic heterocycles. The molecule has 0 spiro atoms. The van der Waals surface area contributed by atoms with Gasteiger partial charge in [0.15, 0.2) is 6.61 Å². The van der Waals surface area contributed by atoms with E-state index in [4.69, 9.17) is 4.74 Å². The molecule has 0 unspecified atom stereocenters. The fraction of sp³-hybridized carbons (Fsp3) is 0.130. The second-order valence-electron chi connectivity index (χ2n) is 6.56. The first kappa shape index (κ1) is 20.6. The van der Waals surface area contributed by atoms with Crippen molar-refractivity contribution in [2.45, 2.75) is 13.8 Å². The molecule has 5 nitrogen and oxygen atoms in total. The van der Waals surface area contributed by atoms with Crippen molar-refractivity contribution < 1.29 is 14.3 Å². The lowest BCUT2D eigenvalue weighted by atomic mass is 10.1. The van der Waals surface area contributed by atoms with Crippen molar-refractivity contribution in [2.24, 2.45) is 0 Å². The van der Waals surface area contributed by atoms with Crippen LogP contribution < -0.4 is 15.4 Å². The predicted octanol–water partition coefficient (Wildman–Crippen LogP) is 5.40. The molecule has 0 aliphatic rings. The zero-order valence-corrected chi connectivity index (χ0v) is 17.7. The summed E-state index contributed by atoms with van der Waals surface area (Å²) in [5, 5.41) is 5.52. The Morgan fingerprint density at radius 1 is 0.931 bits per heavy atom. The highest BCUT2D eigenvalue weighted by molar-refractivity contribution is 9.10. The quantitative estimate of drug-likeness (QED) is 0.525. The molecule has 2 amide bonds. The van der Waals surface area contributed by atoms with Gasteiger partial charge in [0.2, 0.25) is 5.91 Å². The summed E-state index contributed by atoms with van der Waals surface area (Å²) in [5.74, 6) is 0.132. The van der Waals surface area contributed by atoms with Gasteiger partial charge in [-0.25, -0.2) is 0 Å². The minimum atomic E-state index is -0.290. The van der Waals surface area contributed by atoms with Gasteiger partial charge in [-0.2, -0.15) is 0 Å². The number of rotatable bonds is 6. The predicted molar refractivity (Wildman–Crippen MR) is 119 cm³/mol. The average molecular weight is 453 g/mol. The molecule has 2 N–H and O–H groups in total. The summed E-state index contributed by atoms with van der Waals surface area (Å²) < 4.78 is 6.42. The maximum atomic E-state index is 12.3. The van der Waals surface area contributed by atoms with Crippen LogP contribution in [0.1, 0.15) is 12.5 Å². The molecule has 3 aromatic rings. The van der Waals surface area contributed by atoms with E-state index in [0.717, 1.165) is 21.2 Å². The van der Waals surface area contributed by atoms with E-state index in [-0.39, 0.29) is 18.4 Å². The molecule has 0 bridgehead atoms. The van der Waals surface area contributed by atoms with Crippen LogP contribution in [-0.4, -0.2) is 18.4 Å². The molecule has 0 atom stereocenters. The highest BCUT2D eigenvalue weighted by atomic mass is 79.9. The van der Waals surface area contributed by atoms with Gasteiger partial charge in [0.25, 0.3) is 5.91 Å². The van der Waals surface area contributed by atoms with E-state index in [1.54, 1.807) is 12.1 Å². The Balaban J connectivity index is 1.62. The van der Waals surface area contributed by atoms with Gasteiger partial charge in [-0.3, -0.25) is 9.59 Å². The van der Waals surface area contributed by atoms with Gasteiger partial charge in [-0.15, -0.1) is 0 Å². The number of anilines is 2. The van der Waals surface area contributed by atoms with Crippen LogP contribution in [0.5, 0.6) is 5.75 Å². The first-order valence-electron chi connectivity index (χ1n) is 9.08. The largest absolute Gasteiger partial charge is 0.483 e. The number of aryl methyl sites for hydroxylation is 1. The van der Waals surface area contributed by atoms with Gasteiger partial charge in [0.05, 0.1) is 4.47 Å². The van der Waals surface area contributed by atoms with Crippen molar-refractivity contribution in [2.75, 3.05) is 17.2 Å². The van der Waals surface area contributed by atoms with Crippen molar-refractivity contribution in [3.05, 3.63) is 76.8 Å². The number of amides is 2. The third-order valence-corrected chi connectivity index (χ3v) is 4.85. The Morgan fingerprint density at radius 2 is 1.69 bits per heavy atom. The zero-order valence-electron chi connectivity index (χ0n) is 16.2. The summed E-state index contributed by atoms with van der Waals surface area (Å²) >= 11 is 3.50. The van der Waals surface area contributed by atoms with Gasteiger partial charge in [0.1, 0.15) is 5.75 Å². The number of carbonyl (C=O) groups is 2. The molecule has 0 heterocycles. The second-order valence-corrected chi connectivity index (χ2v) is 7.41. The summed E-state index contributed by atoms with van der Waals surface area (Å²) in [4.78, 5) is 23.5. The lowest BCUT2D eigenvalue weighted by Crippen LogP contribution is -2.20. The minimum Gasteiger partial charge on any atom is -0.483 e. The maximum absolute atomic E-state index is 12.3. The van der Waals surface area contributed by atoms with E-state index >= 15 is 0 Å². The normalized spacial score (nSPS) is 10.3. The smallest absolute Gasteiger partial charge is 0.262 e. The molecule has 0 fully saturated rings. The zero-order chi connectivity index (χ0) is 20.8. The molecule has 0 saturated carbocycles. The molecule has 0 aliphatic heterocycles. The number of hydrogen-bond donors (Lipinski definition) is 2. The van der Waals surface area contributed by atoms with Gasteiger partial charge in [-0.05, 0) is 63.8 Å². The van der Waals surface area contributed by atoms with Crippen molar-refractivity contribution in [1.82, 2.24) is 0 Å². The van der Waals surface area contributed by atoms with Crippen molar-refractivity contribution in [3.63, 3.8) is 0 Å². The Morgan fingerprint density at radius 3 is 2.38 bits per heavy atom. The highest BCUT2D eigenvalue weighted by Gasteiger charge is 2.09. The van der Waals surface area contributed by atoms with Gasteiger partial charge in [0, 0.05) is 18.3 Å². The molecule has 148 valence electrons. The van der Waals surface area contributed by atoms with E-state index in [1.807, 2.05) is 61.5 Å². The lowest BCUT2D eigenvalue weighted by molar-refractivity contribution is -0.118. The van der Waals surface area contributed by atoms with E-state index in [2.05, 4.69) is 26.6 Å². The number of carbonyl (C=O) groups excluding carboxylic acids is 2. The SMILES string of the molecule is CC(=O)Nc1cc(NC(=O)COc2ccc(-c3ccccc3)cc2Br)ccc1C. The van der Waals surface area contributed by atoms with Crippen molar-refractivity contribution in [1.29, 1.82) is 0 Å². The van der Waals surface area contributed by atoms with Crippen LogP contribution in [-0.2, 0) is 9.59 Å². The summed E-state index contributed by atoms with van der Waals surface area (Å²) in [6.07, 6.45) is 0. The third-order valence-electron chi connectivity index (χ3n) is 4.23.